The molecule has 2 aromatic heterocycles. The van der Waals surface area contributed by atoms with Crippen molar-refractivity contribution in [1.29, 1.82) is 0 Å². The lowest BCUT2D eigenvalue weighted by atomic mass is 10.1. The van der Waals surface area contributed by atoms with Crippen molar-refractivity contribution in [3.63, 3.8) is 0 Å². The molecule has 0 saturated carbocycles. The minimum Gasteiger partial charge on any atom is -0.494 e. The zero-order valence-electron chi connectivity index (χ0n) is 19.3. The van der Waals surface area contributed by atoms with Gasteiger partial charge in [0.15, 0.2) is 0 Å². The molecule has 0 aliphatic carbocycles. The van der Waals surface area contributed by atoms with E-state index in [2.05, 4.69) is 46.8 Å². The lowest BCUT2D eigenvalue weighted by Crippen LogP contribution is -1.97. The quantitative estimate of drug-likeness (QED) is 0.187. The molecule has 2 heterocycles. The van der Waals surface area contributed by atoms with E-state index in [4.69, 9.17) is 9.15 Å². The van der Waals surface area contributed by atoms with Gasteiger partial charge in [-0.3, -0.25) is 0 Å². The van der Waals surface area contributed by atoms with E-state index in [1.54, 1.807) is 11.3 Å². The first kappa shape index (κ1) is 23.2. The molecular formula is C28H32N2O2S. The molecule has 2 aromatic carbocycles. The summed E-state index contributed by atoms with van der Waals surface area (Å²) < 4.78 is 11.8. The Bertz CT molecular complexity index is 1070. The standard InChI is InChI=1S/C28H32N2O2S/c1-2-3-4-5-6-7-8-9-20-31-25-18-16-24(17-19-25)28-30-29-27(32-28)23-14-12-22(13-15-23)26-11-10-21-33-26/h10-19,21H,2-9,20H2,1H3. The molecular weight excluding hydrogens is 428 g/mol. The summed E-state index contributed by atoms with van der Waals surface area (Å²) >= 11 is 1.73. The Morgan fingerprint density at radius 1 is 0.697 bits per heavy atom. The van der Waals surface area contributed by atoms with Crippen LogP contribution >= 0.6 is 11.3 Å². The number of nitrogens with zero attached hydrogens (tertiary/aromatic N) is 2. The summed E-state index contributed by atoms with van der Waals surface area (Å²) in [6, 6.07) is 20.3. The van der Waals surface area contributed by atoms with Crippen LogP contribution in [0, 0.1) is 0 Å². The van der Waals surface area contributed by atoms with Crippen molar-refractivity contribution >= 4 is 11.3 Å². The predicted octanol–water partition coefficient (Wildman–Crippen LogP) is 8.65. The summed E-state index contributed by atoms with van der Waals surface area (Å²) in [5.74, 6) is 1.92. The summed E-state index contributed by atoms with van der Waals surface area (Å²) in [6.07, 6.45) is 10.4. The van der Waals surface area contributed by atoms with Gasteiger partial charge in [0.05, 0.1) is 6.61 Å². The van der Waals surface area contributed by atoms with Crippen molar-refractivity contribution in [3.8, 4) is 39.1 Å². The van der Waals surface area contributed by atoms with E-state index < -0.39 is 0 Å². The Morgan fingerprint density at radius 3 is 1.88 bits per heavy atom. The van der Waals surface area contributed by atoms with Crippen molar-refractivity contribution in [2.45, 2.75) is 58.3 Å². The van der Waals surface area contributed by atoms with Crippen LogP contribution in [-0.2, 0) is 0 Å². The van der Waals surface area contributed by atoms with Crippen LogP contribution in [0.1, 0.15) is 58.3 Å². The van der Waals surface area contributed by atoms with E-state index >= 15 is 0 Å². The highest BCUT2D eigenvalue weighted by Gasteiger charge is 2.11. The Balaban J connectivity index is 1.24. The number of rotatable bonds is 13. The third kappa shape index (κ3) is 6.78. The predicted molar refractivity (Wildman–Crippen MR) is 137 cm³/mol. The van der Waals surface area contributed by atoms with Gasteiger partial charge < -0.3 is 9.15 Å². The van der Waals surface area contributed by atoms with Gasteiger partial charge >= 0.3 is 0 Å². The second-order valence-electron chi connectivity index (χ2n) is 8.31. The molecule has 0 saturated heterocycles. The fourth-order valence-electron chi connectivity index (χ4n) is 3.80. The van der Waals surface area contributed by atoms with Gasteiger partial charge in [0.2, 0.25) is 11.8 Å². The first-order valence-corrected chi connectivity index (χ1v) is 12.9. The molecule has 0 bridgehead atoms. The van der Waals surface area contributed by atoms with Gasteiger partial charge in [-0.15, -0.1) is 21.5 Å². The summed E-state index contributed by atoms with van der Waals surface area (Å²) in [6.45, 7) is 3.02. The summed E-state index contributed by atoms with van der Waals surface area (Å²) in [5, 5.41) is 10.5. The van der Waals surface area contributed by atoms with E-state index in [9.17, 15) is 0 Å². The van der Waals surface area contributed by atoms with Gasteiger partial charge in [0, 0.05) is 16.0 Å². The second kappa shape index (κ2) is 12.4. The third-order valence-corrected chi connectivity index (χ3v) is 6.65. The molecule has 0 aliphatic rings. The Morgan fingerprint density at radius 2 is 1.27 bits per heavy atom. The van der Waals surface area contributed by atoms with Crippen LogP contribution in [0.5, 0.6) is 5.75 Å². The topological polar surface area (TPSA) is 48.2 Å². The zero-order chi connectivity index (χ0) is 22.7. The number of hydrogen-bond acceptors (Lipinski definition) is 5. The minimum absolute atomic E-state index is 0.516. The summed E-state index contributed by atoms with van der Waals surface area (Å²) in [4.78, 5) is 1.25. The second-order valence-corrected chi connectivity index (χ2v) is 9.26. The monoisotopic (exact) mass is 460 g/mol. The van der Waals surface area contributed by atoms with Crippen LogP contribution in [-0.4, -0.2) is 16.8 Å². The minimum atomic E-state index is 0.516. The van der Waals surface area contributed by atoms with E-state index in [0.717, 1.165) is 29.9 Å². The first-order chi connectivity index (χ1) is 16.3. The Labute approximate surface area is 200 Å². The van der Waals surface area contributed by atoms with Crippen molar-refractivity contribution in [1.82, 2.24) is 10.2 Å². The third-order valence-electron chi connectivity index (χ3n) is 5.73. The molecule has 0 aliphatic heterocycles. The van der Waals surface area contributed by atoms with Crippen LogP contribution in [0.15, 0.2) is 70.5 Å². The SMILES string of the molecule is CCCCCCCCCCOc1ccc(-c2nnc(-c3ccc(-c4cccs4)cc3)o2)cc1. The summed E-state index contributed by atoms with van der Waals surface area (Å²) in [5.41, 5.74) is 3.00. The van der Waals surface area contributed by atoms with E-state index in [1.807, 2.05) is 36.4 Å². The normalized spacial score (nSPS) is 11.1. The van der Waals surface area contributed by atoms with Gasteiger partial charge in [-0.05, 0) is 59.8 Å². The number of ether oxygens (including phenoxy) is 1. The highest BCUT2D eigenvalue weighted by Crippen LogP contribution is 2.29. The first-order valence-electron chi connectivity index (χ1n) is 12.0. The van der Waals surface area contributed by atoms with Crippen LogP contribution in [0.4, 0.5) is 0 Å². The molecule has 0 fully saturated rings. The maximum atomic E-state index is 5.93. The molecule has 4 aromatic rings. The Hall–Kier alpha value is -2.92. The molecule has 0 radical (unpaired) electrons. The van der Waals surface area contributed by atoms with E-state index in [1.165, 1.54) is 55.4 Å². The van der Waals surface area contributed by atoms with Crippen LogP contribution in [0.25, 0.3) is 33.3 Å². The average Bonchev–Trinajstić information content (AvgIpc) is 3.56. The van der Waals surface area contributed by atoms with Gasteiger partial charge in [-0.1, -0.05) is 70.1 Å². The molecule has 4 rings (SSSR count). The van der Waals surface area contributed by atoms with Crippen LogP contribution in [0.2, 0.25) is 0 Å². The molecule has 0 amide bonds. The van der Waals surface area contributed by atoms with E-state index in [-0.39, 0.29) is 0 Å². The van der Waals surface area contributed by atoms with Gasteiger partial charge in [0.1, 0.15) is 5.75 Å². The molecule has 4 nitrogen and oxygen atoms in total. The lowest BCUT2D eigenvalue weighted by molar-refractivity contribution is 0.304. The fourth-order valence-corrected chi connectivity index (χ4v) is 4.53. The van der Waals surface area contributed by atoms with Crippen molar-refractivity contribution in [2.24, 2.45) is 0 Å². The Kier molecular flexibility index (Phi) is 8.70. The number of aromatic nitrogens is 2. The molecule has 5 heteroatoms. The maximum absolute atomic E-state index is 5.93. The number of hydrogen-bond donors (Lipinski definition) is 0. The molecule has 0 atom stereocenters. The van der Waals surface area contributed by atoms with Crippen molar-refractivity contribution < 1.29 is 9.15 Å². The molecule has 33 heavy (non-hydrogen) atoms. The number of unbranched alkanes of at least 4 members (excludes halogenated alkanes) is 7. The van der Waals surface area contributed by atoms with Crippen molar-refractivity contribution in [2.75, 3.05) is 6.61 Å². The maximum Gasteiger partial charge on any atom is 0.248 e. The van der Waals surface area contributed by atoms with Gasteiger partial charge in [-0.2, -0.15) is 0 Å². The zero-order valence-corrected chi connectivity index (χ0v) is 20.2. The van der Waals surface area contributed by atoms with Crippen LogP contribution in [0.3, 0.4) is 0 Å². The molecule has 0 unspecified atom stereocenters. The van der Waals surface area contributed by atoms with Crippen molar-refractivity contribution in [3.05, 3.63) is 66.0 Å². The lowest BCUT2D eigenvalue weighted by Gasteiger charge is -2.06. The fraction of sp³-hybridized carbons (Fsp3) is 0.357. The van der Waals surface area contributed by atoms with Gasteiger partial charge in [-0.25, -0.2) is 0 Å². The highest BCUT2D eigenvalue weighted by atomic mass is 32.1. The largest absolute Gasteiger partial charge is 0.494 e. The van der Waals surface area contributed by atoms with Gasteiger partial charge in [0.25, 0.3) is 0 Å². The molecule has 0 N–H and O–H groups in total. The van der Waals surface area contributed by atoms with Crippen LogP contribution < -0.4 is 4.74 Å². The number of thiophene rings is 1. The smallest absolute Gasteiger partial charge is 0.248 e. The molecule has 172 valence electrons. The van der Waals surface area contributed by atoms with E-state index in [0.29, 0.717) is 11.8 Å². The summed E-state index contributed by atoms with van der Waals surface area (Å²) in [7, 11) is 0. The average molecular weight is 461 g/mol. The molecule has 0 spiro atoms. The highest BCUT2D eigenvalue weighted by molar-refractivity contribution is 7.13. The number of benzene rings is 2.